The molecule has 1 aliphatic carbocycles. The third kappa shape index (κ3) is 4.85. The number of benzene rings is 1. The minimum Gasteiger partial charge on any atom is -0.396 e. The lowest BCUT2D eigenvalue weighted by atomic mass is 10.0. The van der Waals surface area contributed by atoms with Gasteiger partial charge in [-0.05, 0) is 24.5 Å². The molecule has 0 saturated heterocycles. The third-order valence-electron chi connectivity index (χ3n) is 5.03. The number of rotatable bonds is 7. The van der Waals surface area contributed by atoms with E-state index in [9.17, 15) is 5.11 Å². The van der Waals surface area contributed by atoms with Crippen molar-refractivity contribution in [3.8, 4) is 0 Å². The fourth-order valence-corrected chi connectivity index (χ4v) is 3.47. The molecule has 26 heavy (non-hydrogen) atoms. The van der Waals surface area contributed by atoms with Gasteiger partial charge in [0.2, 0.25) is 0 Å². The van der Waals surface area contributed by atoms with Crippen LogP contribution in [0.3, 0.4) is 0 Å². The lowest BCUT2D eigenvalue weighted by molar-refractivity contribution is 0.265. The van der Waals surface area contributed by atoms with Gasteiger partial charge in [0.1, 0.15) is 0 Å². The minimum absolute atomic E-state index is 0.0383. The maximum Gasteiger partial charge on any atom is 0.191 e. The molecule has 0 aliphatic heterocycles. The Hall–Kier alpha value is -2.34. The van der Waals surface area contributed by atoms with Crippen LogP contribution in [-0.4, -0.2) is 41.0 Å². The topological polar surface area (TPSA) is 74.5 Å². The Morgan fingerprint density at radius 3 is 2.69 bits per heavy atom. The Bertz CT molecular complexity index is 691. The van der Waals surface area contributed by atoms with E-state index in [-0.39, 0.29) is 12.5 Å². The molecule has 1 fully saturated rings. The number of hydrogen-bond acceptors (Lipinski definition) is 3. The van der Waals surface area contributed by atoms with Crippen molar-refractivity contribution < 1.29 is 5.11 Å². The number of aliphatic hydroxyl groups is 1. The van der Waals surface area contributed by atoms with Crippen LogP contribution < -0.4 is 10.6 Å². The average molecular weight is 355 g/mol. The van der Waals surface area contributed by atoms with Gasteiger partial charge in [0, 0.05) is 25.7 Å². The molecule has 1 aromatic carbocycles. The van der Waals surface area contributed by atoms with Crippen LogP contribution in [0, 0.1) is 0 Å². The fourth-order valence-electron chi connectivity index (χ4n) is 3.47. The SMILES string of the molecule is CN=C(NCc1ccn(C2CCCC2)n1)NCC(CO)c1ccccc1. The number of hydrogen-bond donors (Lipinski definition) is 3. The Morgan fingerprint density at radius 1 is 1.23 bits per heavy atom. The standard InChI is InChI=1S/C20H29N5O/c1-21-20(22-13-17(15-26)16-7-3-2-4-8-16)23-14-18-11-12-25(24-18)19-9-5-6-10-19/h2-4,7-8,11-12,17,19,26H,5-6,9-10,13-15H2,1H3,(H2,21,22,23). The van der Waals surface area contributed by atoms with E-state index in [4.69, 9.17) is 0 Å². The minimum atomic E-state index is 0.0383. The third-order valence-corrected chi connectivity index (χ3v) is 5.03. The molecule has 140 valence electrons. The van der Waals surface area contributed by atoms with Crippen LogP contribution >= 0.6 is 0 Å². The molecule has 1 heterocycles. The molecule has 1 unspecified atom stereocenters. The highest BCUT2D eigenvalue weighted by Crippen LogP contribution is 2.28. The molecular formula is C20H29N5O. The van der Waals surface area contributed by atoms with E-state index in [1.54, 1.807) is 7.05 Å². The van der Waals surface area contributed by atoms with Gasteiger partial charge in [-0.15, -0.1) is 0 Å². The number of aliphatic hydroxyl groups excluding tert-OH is 1. The van der Waals surface area contributed by atoms with E-state index < -0.39 is 0 Å². The molecule has 3 N–H and O–H groups in total. The maximum absolute atomic E-state index is 9.67. The molecule has 0 bridgehead atoms. The largest absolute Gasteiger partial charge is 0.396 e. The van der Waals surface area contributed by atoms with Gasteiger partial charge in [-0.1, -0.05) is 43.2 Å². The van der Waals surface area contributed by atoms with Gasteiger partial charge in [-0.25, -0.2) is 0 Å². The predicted molar refractivity (Wildman–Crippen MR) is 104 cm³/mol. The van der Waals surface area contributed by atoms with Crippen LogP contribution in [0.5, 0.6) is 0 Å². The molecule has 0 radical (unpaired) electrons. The molecule has 1 atom stereocenters. The summed E-state index contributed by atoms with van der Waals surface area (Å²) < 4.78 is 2.11. The molecule has 1 saturated carbocycles. The van der Waals surface area contributed by atoms with E-state index in [0.29, 0.717) is 19.1 Å². The summed E-state index contributed by atoms with van der Waals surface area (Å²) in [5.41, 5.74) is 2.13. The summed E-state index contributed by atoms with van der Waals surface area (Å²) >= 11 is 0. The Labute approximate surface area is 155 Å². The molecule has 6 nitrogen and oxygen atoms in total. The van der Waals surface area contributed by atoms with Crippen molar-refractivity contribution in [3.05, 3.63) is 53.9 Å². The summed E-state index contributed by atoms with van der Waals surface area (Å²) in [6.45, 7) is 1.35. The average Bonchev–Trinajstić information content (AvgIpc) is 3.37. The quantitative estimate of drug-likeness (QED) is 0.527. The summed E-state index contributed by atoms with van der Waals surface area (Å²) in [5, 5.41) is 21.0. The fraction of sp³-hybridized carbons (Fsp3) is 0.500. The molecule has 1 aromatic heterocycles. The van der Waals surface area contributed by atoms with Gasteiger partial charge in [-0.3, -0.25) is 9.67 Å². The first-order valence-corrected chi connectivity index (χ1v) is 9.44. The van der Waals surface area contributed by atoms with Crippen molar-refractivity contribution >= 4 is 5.96 Å². The van der Waals surface area contributed by atoms with Crippen LogP contribution in [0.1, 0.15) is 48.9 Å². The molecule has 0 amide bonds. The monoisotopic (exact) mass is 355 g/mol. The zero-order valence-electron chi connectivity index (χ0n) is 15.4. The summed E-state index contributed by atoms with van der Waals surface area (Å²) in [7, 11) is 1.75. The first kappa shape index (κ1) is 18.5. The van der Waals surface area contributed by atoms with Crippen molar-refractivity contribution in [1.29, 1.82) is 0 Å². The van der Waals surface area contributed by atoms with Gasteiger partial charge < -0.3 is 15.7 Å². The first-order chi connectivity index (χ1) is 12.8. The number of nitrogens with zero attached hydrogens (tertiary/aromatic N) is 3. The summed E-state index contributed by atoms with van der Waals surface area (Å²) in [6.07, 6.45) is 7.17. The van der Waals surface area contributed by atoms with Gasteiger partial charge >= 0.3 is 0 Å². The maximum atomic E-state index is 9.67. The van der Waals surface area contributed by atoms with E-state index in [2.05, 4.69) is 37.7 Å². The van der Waals surface area contributed by atoms with Crippen molar-refractivity contribution in [2.75, 3.05) is 20.2 Å². The van der Waals surface area contributed by atoms with Gasteiger partial charge in [0.05, 0.1) is 24.9 Å². The zero-order valence-corrected chi connectivity index (χ0v) is 15.4. The summed E-state index contributed by atoms with van der Waals surface area (Å²) in [6, 6.07) is 12.7. The van der Waals surface area contributed by atoms with Crippen LogP contribution in [0.15, 0.2) is 47.6 Å². The number of aliphatic imine (C=N–C) groups is 1. The highest BCUT2D eigenvalue weighted by atomic mass is 16.3. The Kier molecular flexibility index (Phi) is 6.66. The smallest absolute Gasteiger partial charge is 0.191 e. The van der Waals surface area contributed by atoms with E-state index in [1.807, 2.05) is 30.3 Å². The van der Waals surface area contributed by atoms with Crippen molar-refractivity contribution in [3.63, 3.8) is 0 Å². The van der Waals surface area contributed by atoms with Gasteiger partial charge in [0.25, 0.3) is 0 Å². The van der Waals surface area contributed by atoms with Crippen molar-refractivity contribution in [2.45, 2.75) is 44.2 Å². The first-order valence-electron chi connectivity index (χ1n) is 9.44. The van der Waals surface area contributed by atoms with Crippen LogP contribution in [0.4, 0.5) is 0 Å². The second-order valence-corrected chi connectivity index (χ2v) is 6.82. The van der Waals surface area contributed by atoms with E-state index in [0.717, 1.165) is 17.2 Å². The highest BCUT2D eigenvalue weighted by Gasteiger charge is 2.17. The van der Waals surface area contributed by atoms with Crippen LogP contribution in [-0.2, 0) is 6.54 Å². The predicted octanol–water partition coefficient (Wildman–Crippen LogP) is 2.44. The lowest BCUT2D eigenvalue weighted by Crippen LogP contribution is -2.39. The van der Waals surface area contributed by atoms with E-state index in [1.165, 1.54) is 25.7 Å². The summed E-state index contributed by atoms with van der Waals surface area (Å²) in [5.74, 6) is 0.756. The van der Waals surface area contributed by atoms with Crippen LogP contribution in [0.25, 0.3) is 0 Å². The molecule has 2 aromatic rings. The van der Waals surface area contributed by atoms with Gasteiger partial charge in [-0.2, -0.15) is 5.10 Å². The second-order valence-electron chi connectivity index (χ2n) is 6.82. The number of guanidine groups is 1. The normalized spacial score (nSPS) is 16.6. The number of nitrogens with one attached hydrogen (secondary N) is 2. The molecule has 3 rings (SSSR count). The lowest BCUT2D eigenvalue weighted by Gasteiger charge is -2.18. The Morgan fingerprint density at radius 2 is 2.00 bits per heavy atom. The highest BCUT2D eigenvalue weighted by molar-refractivity contribution is 5.79. The second kappa shape index (κ2) is 9.38. The van der Waals surface area contributed by atoms with Crippen molar-refractivity contribution in [1.82, 2.24) is 20.4 Å². The molecule has 6 heteroatoms. The zero-order chi connectivity index (χ0) is 18.2. The molecule has 1 aliphatic rings. The number of aromatic nitrogens is 2. The van der Waals surface area contributed by atoms with Crippen molar-refractivity contribution in [2.24, 2.45) is 4.99 Å². The van der Waals surface area contributed by atoms with Crippen LogP contribution in [0.2, 0.25) is 0 Å². The molecular weight excluding hydrogens is 326 g/mol. The summed E-state index contributed by atoms with van der Waals surface area (Å²) in [4.78, 5) is 4.27. The van der Waals surface area contributed by atoms with Gasteiger partial charge in [0.15, 0.2) is 5.96 Å². The Balaban J connectivity index is 1.48. The van der Waals surface area contributed by atoms with E-state index >= 15 is 0 Å². The molecule has 0 spiro atoms.